The van der Waals surface area contributed by atoms with Crippen LogP contribution >= 0.6 is 27.5 Å². The highest BCUT2D eigenvalue weighted by Crippen LogP contribution is 2.24. The molecule has 3 rings (SSSR count). The van der Waals surface area contributed by atoms with Crippen LogP contribution in [0.2, 0.25) is 5.02 Å². The van der Waals surface area contributed by atoms with Crippen LogP contribution in [0.3, 0.4) is 0 Å². The Bertz CT molecular complexity index is 924. The highest BCUT2D eigenvalue weighted by Gasteiger charge is 2.16. The van der Waals surface area contributed by atoms with Gasteiger partial charge in [0.05, 0.1) is 17.6 Å². The van der Waals surface area contributed by atoms with Crippen molar-refractivity contribution >= 4 is 33.6 Å². The van der Waals surface area contributed by atoms with Crippen LogP contribution in [0.15, 0.2) is 59.2 Å². The molecule has 0 aliphatic heterocycles. The van der Waals surface area contributed by atoms with Gasteiger partial charge in [0.25, 0.3) is 0 Å². The highest BCUT2D eigenvalue weighted by molar-refractivity contribution is 9.10. The fourth-order valence-corrected chi connectivity index (χ4v) is 3.20. The zero-order valence-corrected chi connectivity index (χ0v) is 17.8. The number of amides is 1. The molecular weight excluding hydrogens is 442 g/mol. The van der Waals surface area contributed by atoms with Crippen molar-refractivity contribution in [2.75, 3.05) is 6.54 Å². The van der Waals surface area contributed by atoms with Crippen molar-refractivity contribution in [3.8, 4) is 11.4 Å². The second-order valence-electron chi connectivity index (χ2n) is 6.29. The number of aromatic nitrogens is 2. The van der Waals surface area contributed by atoms with E-state index >= 15 is 0 Å². The molecule has 0 atom stereocenters. The summed E-state index contributed by atoms with van der Waals surface area (Å²) in [6.45, 7) is 2.57. The van der Waals surface area contributed by atoms with Crippen LogP contribution in [0.5, 0.6) is 5.75 Å². The van der Waals surface area contributed by atoms with E-state index in [1.807, 2.05) is 48.5 Å². The van der Waals surface area contributed by atoms with Gasteiger partial charge in [-0.05, 0) is 54.8 Å². The standard InChI is InChI=1S/C21H21BrClN3O2/c1-2-3-19-20(14-25-26(19)18-10-8-17(23)9-11-18)28-21(27)24-13-12-15-4-6-16(22)7-5-15/h4-11,14H,2-3,12-13H2,1H3,(H,24,27). The Kier molecular flexibility index (Phi) is 7.12. The van der Waals surface area contributed by atoms with E-state index < -0.39 is 6.09 Å². The van der Waals surface area contributed by atoms with Crippen molar-refractivity contribution < 1.29 is 9.53 Å². The molecule has 3 aromatic rings. The van der Waals surface area contributed by atoms with E-state index in [9.17, 15) is 4.79 Å². The molecule has 0 aliphatic rings. The molecule has 1 aromatic heterocycles. The Balaban J connectivity index is 1.63. The lowest BCUT2D eigenvalue weighted by molar-refractivity contribution is 0.200. The number of carbonyl (C=O) groups excluding carboxylic acids is 1. The van der Waals surface area contributed by atoms with E-state index in [-0.39, 0.29) is 0 Å². The fraction of sp³-hybridized carbons (Fsp3) is 0.238. The molecule has 146 valence electrons. The number of hydrogen-bond acceptors (Lipinski definition) is 3. The quantitative estimate of drug-likeness (QED) is 0.499. The SMILES string of the molecule is CCCc1c(OC(=O)NCCc2ccc(Br)cc2)cnn1-c1ccc(Cl)cc1. The van der Waals surface area contributed by atoms with Crippen LogP contribution in [-0.4, -0.2) is 22.4 Å². The Morgan fingerprint density at radius 2 is 1.86 bits per heavy atom. The first kappa shape index (κ1) is 20.4. The zero-order valence-electron chi connectivity index (χ0n) is 15.5. The van der Waals surface area contributed by atoms with Crippen LogP contribution in [0.25, 0.3) is 5.69 Å². The molecule has 2 aromatic carbocycles. The first-order valence-corrected chi connectivity index (χ1v) is 10.3. The second kappa shape index (κ2) is 9.75. The smallest absolute Gasteiger partial charge is 0.407 e. The Labute approximate surface area is 177 Å². The second-order valence-corrected chi connectivity index (χ2v) is 7.64. The van der Waals surface area contributed by atoms with Crippen LogP contribution in [0.1, 0.15) is 24.6 Å². The van der Waals surface area contributed by atoms with Crippen LogP contribution in [-0.2, 0) is 12.8 Å². The molecule has 0 bridgehead atoms. The molecule has 5 nitrogen and oxygen atoms in total. The number of nitrogens with zero attached hydrogens (tertiary/aromatic N) is 2. The average molecular weight is 463 g/mol. The lowest BCUT2D eigenvalue weighted by Gasteiger charge is -2.10. The molecule has 1 N–H and O–H groups in total. The maximum Gasteiger partial charge on any atom is 0.412 e. The van der Waals surface area contributed by atoms with Crippen molar-refractivity contribution in [3.63, 3.8) is 0 Å². The number of ether oxygens (including phenoxy) is 1. The minimum absolute atomic E-state index is 0.470. The summed E-state index contributed by atoms with van der Waals surface area (Å²) in [7, 11) is 0. The molecule has 1 heterocycles. The topological polar surface area (TPSA) is 56.1 Å². The summed E-state index contributed by atoms with van der Waals surface area (Å²) in [4.78, 5) is 12.2. The van der Waals surface area contributed by atoms with Gasteiger partial charge in [-0.1, -0.05) is 53.0 Å². The van der Waals surface area contributed by atoms with Crippen molar-refractivity contribution in [1.82, 2.24) is 15.1 Å². The molecule has 7 heteroatoms. The van der Waals surface area contributed by atoms with E-state index in [2.05, 4.69) is 33.3 Å². The van der Waals surface area contributed by atoms with Crippen molar-refractivity contribution in [3.05, 3.63) is 75.5 Å². The first-order chi connectivity index (χ1) is 13.6. The number of hydrogen-bond donors (Lipinski definition) is 1. The maximum absolute atomic E-state index is 12.2. The van der Waals surface area contributed by atoms with Gasteiger partial charge in [-0.25, -0.2) is 9.48 Å². The summed E-state index contributed by atoms with van der Waals surface area (Å²) in [5, 5.41) is 7.84. The van der Waals surface area contributed by atoms with Crippen LogP contribution in [0, 0.1) is 0 Å². The molecular formula is C21H21BrClN3O2. The molecule has 28 heavy (non-hydrogen) atoms. The number of rotatable bonds is 7. The van der Waals surface area contributed by atoms with Crippen molar-refractivity contribution in [2.45, 2.75) is 26.2 Å². The van der Waals surface area contributed by atoms with E-state index in [4.69, 9.17) is 16.3 Å². The summed E-state index contributed by atoms with van der Waals surface area (Å²) in [6, 6.07) is 15.4. The molecule has 0 unspecified atom stereocenters. The number of nitrogens with one attached hydrogen (secondary N) is 1. The highest BCUT2D eigenvalue weighted by atomic mass is 79.9. The number of benzene rings is 2. The van der Waals surface area contributed by atoms with Gasteiger partial charge in [0, 0.05) is 16.0 Å². The molecule has 0 aliphatic carbocycles. The molecule has 0 radical (unpaired) electrons. The predicted molar refractivity (Wildman–Crippen MR) is 114 cm³/mol. The third-order valence-electron chi connectivity index (χ3n) is 4.19. The first-order valence-electron chi connectivity index (χ1n) is 9.09. The number of halogens is 2. The third kappa shape index (κ3) is 5.36. The van der Waals surface area contributed by atoms with Gasteiger partial charge in [0.15, 0.2) is 5.75 Å². The normalized spacial score (nSPS) is 10.7. The summed E-state index contributed by atoms with van der Waals surface area (Å²) >= 11 is 9.38. The minimum Gasteiger partial charge on any atom is -0.407 e. The number of carbonyl (C=O) groups is 1. The molecule has 0 saturated carbocycles. The molecule has 0 fully saturated rings. The van der Waals surface area contributed by atoms with E-state index in [0.717, 1.165) is 40.7 Å². The summed E-state index contributed by atoms with van der Waals surface area (Å²) in [5.41, 5.74) is 2.87. The van der Waals surface area contributed by atoms with Gasteiger partial charge >= 0.3 is 6.09 Å². The van der Waals surface area contributed by atoms with Crippen LogP contribution in [0.4, 0.5) is 4.79 Å². The lowest BCUT2D eigenvalue weighted by atomic mass is 10.1. The van der Waals surface area contributed by atoms with Gasteiger partial charge in [-0.3, -0.25) is 0 Å². The lowest BCUT2D eigenvalue weighted by Crippen LogP contribution is -2.29. The molecule has 0 spiro atoms. The molecule has 0 saturated heterocycles. The Morgan fingerprint density at radius 1 is 1.14 bits per heavy atom. The maximum atomic E-state index is 12.2. The Hall–Kier alpha value is -2.31. The van der Waals surface area contributed by atoms with Gasteiger partial charge in [-0.2, -0.15) is 5.10 Å². The average Bonchev–Trinajstić information content (AvgIpc) is 3.07. The Morgan fingerprint density at radius 3 is 2.54 bits per heavy atom. The van der Waals surface area contributed by atoms with Crippen LogP contribution < -0.4 is 10.1 Å². The minimum atomic E-state index is -0.481. The third-order valence-corrected chi connectivity index (χ3v) is 4.97. The van der Waals surface area contributed by atoms with E-state index in [0.29, 0.717) is 17.3 Å². The van der Waals surface area contributed by atoms with E-state index in [1.165, 1.54) is 0 Å². The van der Waals surface area contributed by atoms with Gasteiger partial charge in [0.2, 0.25) is 0 Å². The van der Waals surface area contributed by atoms with E-state index in [1.54, 1.807) is 10.9 Å². The van der Waals surface area contributed by atoms with Gasteiger partial charge < -0.3 is 10.1 Å². The largest absolute Gasteiger partial charge is 0.412 e. The van der Waals surface area contributed by atoms with Gasteiger partial charge in [0.1, 0.15) is 0 Å². The molecule has 1 amide bonds. The summed E-state index contributed by atoms with van der Waals surface area (Å²) in [5.74, 6) is 0.470. The predicted octanol–water partition coefficient (Wildman–Crippen LogP) is 5.57. The van der Waals surface area contributed by atoms with Crippen molar-refractivity contribution in [1.29, 1.82) is 0 Å². The zero-order chi connectivity index (χ0) is 19.9. The summed E-state index contributed by atoms with van der Waals surface area (Å²) < 4.78 is 8.33. The van der Waals surface area contributed by atoms with Crippen molar-refractivity contribution in [2.24, 2.45) is 0 Å². The van der Waals surface area contributed by atoms with Gasteiger partial charge in [-0.15, -0.1) is 0 Å². The fourth-order valence-electron chi connectivity index (χ4n) is 2.81. The summed E-state index contributed by atoms with van der Waals surface area (Å²) in [6.07, 6.45) is 3.47. The monoisotopic (exact) mass is 461 g/mol.